The molecule has 2 saturated carbocycles. The lowest BCUT2D eigenvalue weighted by atomic mass is 9.73. The summed E-state index contributed by atoms with van der Waals surface area (Å²) in [6, 6.07) is 3.60. The average Bonchev–Trinajstić information content (AvgIpc) is 2.83. The summed E-state index contributed by atoms with van der Waals surface area (Å²) < 4.78 is 58.6. The fourth-order valence-corrected chi connectivity index (χ4v) is 6.25. The monoisotopic (exact) mass is 462 g/mol. The third-order valence-corrected chi connectivity index (χ3v) is 8.62. The van der Waals surface area contributed by atoms with Crippen LogP contribution in [0.1, 0.15) is 95.1 Å². The Morgan fingerprint density at radius 2 is 1.45 bits per heavy atom. The van der Waals surface area contributed by atoms with Crippen molar-refractivity contribution < 1.29 is 17.6 Å². The summed E-state index contributed by atoms with van der Waals surface area (Å²) in [4.78, 5) is 0. The van der Waals surface area contributed by atoms with E-state index in [1.807, 2.05) is 13.0 Å². The fourth-order valence-electron chi connectivity index (χ4n) is 6.25. The van der Waals surface area contributed by atoms with Crippen LogP contribution in [0.5, 0.6) is 0 Å². The molecule has 0 bridgehead atoms. The quantitative estimate of drug-likeness (QED) is 0.370. The summed E-state index contributed by atoms with van der Waals surface area (Å²) in [6.07, 6.45) is 10.0. The molecule has 0 amide bonds. The number of hydrogen-bond acceptors (Lipinski definition) is 0. The van der Waals surface area contributed by atoms with Gasteiger partial charge in [-0.2, -0.15) is 0 Å². The Balaban J connectivity index is 1.31. The maximum atomic E-state index is 14.8. The third-order valence-electron chi connectivity index (χ3n) is 8.62. The zero-order chi connectivity index (χ0) is 23.5. The van der Waals surface area contributed by atoms with Gasteiger partial charge in [0.1, 0.15) is 0 Å². The van der Waals surface area contributed by atoms with Crippen LogP contribution < -0.4 is 0 Å². The average molecular weight is 463 g/mol. The first kappa shape index (κ1) is 24.5. The summed E-state index contributed by atoms with van der Waals surface area (Å²) >= 11 is 0. The molecule has 0 radical (unpaired) electrons. The van der Waals surface area contributed by atoms with E-state index in [0.29, 0.717) is 47.0 Å². The van der Waals surface area contributed by atoms with Gasteiger partial charge in [0.15, 0.2) is 24.0 Å². The molecule has 4 heteroatoms. The highest BCUT2D eigenvalue weighted by Crippen LogP contribution is 2.41. The molecule has 3 aliphatic rings. The van der Waals surface area contributed by atoms with Gasteiger partial charge in [-0.25, -0.2) is 17.6 Å². The van der Waals surface area contributed by atoms with E-state index in [2.05, 4.69) is 6.92 Å². The van der Waals surface area contributed by atoms with E-state index in [0.717, 1.165) is 57.8 Å². The zero-order valence-electron chi connectivity index (χ0n) is 20.1. The Bertz CT molecular complexity index is 870. The van der Waals surface area contributed by atoms with Crippen molar-refractivity contribution in [1.82, 2.24) is 0 Å². The molecular weight excluding hydrogens is 424 g/mol. The Kier molecular flexibility index (Phi) is 8.02. The van der Waals surface area contributed by atoms with Crippen LogP contribution in [0.3, 0.4) is 0 Å². The Labute approximate surface area is 196 Å². The van der Waals surface area contributed by atoms with Crippen LogP contribution in [0, 0.1) is 29.4 Å². The van der Waals surface area contributed by atoms with Crippen molar-refractivity contribution in [2.45, 2.75) is 103 Å². The lowest BCUT2D eigenvalue weighted by Crippen LogP contribution is -2.30. The van der Waals surface area contributed by atoms with E-state index in [1.165, 1.54) is 0 Å². The van der Waals surface area contributed by atoms with Crippen molar-refractivity contribution in [3.8, 4) is 0 Å². The van der Waals surface area contributed by atoms with Crippen molar-refractivity contribution in [3.05, 3.63) is 58.2 Å². The number of aryl methyl sites for hydroxylation is 1. The van der Waals surface area contributed by atoms with Crippen molar-refractivity contribution in [1.29, 1.82) is 0 Å². The van der Waals surface area contributed by atoms with E-state index in [-0.39, 0.29) is 11.8 Å². The maximum Gasteiger partial charge on any atom is 0.162 e. The predicted molar refractivity (Wildman–Crippen MR) is 127 cm³/mol. The molecule has 0 aliphatic heterocycles. The molecule has 0 heterocycles. The van der Waals surface area contributed by atoms with Gasteiger partial charge in [-0.3, -0.25) is 0 Å². The highest BCUT2D eigenvalue weighted by atomic mass is 19.2. The standard InChI is InChI=1S/C29H38F4/c1-3-20-14-16-24(28(32)26(20)30)22-11-6-19(7-12-22)8-13-23-15-17-25(29(33)27(23)31)21-9-4-18(2)5-10-21/h14-19,21-22,26,28H,3-13H2,1-2H3. The maximum absolute atomic E-state index is 14.8. The van der Waals surface area contributed by atoms with Gasteiger partial charge in [0.05, 0.1) is 0 Å². The van der Waals surface area contributed by atoms with Gasteiger partial charge in [0.25, 0.3) is 0 Å². The number of allylic oxidation sites excluding steroid dienone is 4. The lowest BCUT2D eigenvalue weighted by molar-refractivity contribution is 0.189. The molecule has 0 nitrogen and oxygen atoms in total. The minimum absolute atomic E-state index is 0.0934. The summed E-state index contributed by atoms with van der Waals surface area (Å²) in [6.45, 7) is 4.08. The largest absolute Gasteiger partial charge is 0.239 e. The first-order chi connectivity index (χ1) is 15.9. The van der Waals surface area contributed by atoms with Crippen LogP contribution in [-0.4, -0.2) is 12.3 Å². The summed E-state index contributed by atoms with van der Waals surface area (Å²) in [7, 11) is 0. The SMILES string of the molecule is CCC1=CC=C(C2CCC(CCc3ccc(C4CCC(C)CC4)c(F)c3F)CC2)C(F)C1F. The van der Waals surface area contributed by atoms with E-state index in [1.54, 1.807) is 18.2 Å². The predicted octanol–water partition coefficient (Wildman–Crippen LogP) is 8.95. The molecule has 182 valence electrons. The molecule has 4 rings (SSSR count). The molecule has 0 aromatic heterocycles. The highest BCUT2D eigenvalue weighted by molar-refractivity contribution is 5.33. The van der Waals surface area contributed by atoms with Crippen molar-refractivity contribution >= 4 is 0 Å². The minimum atomic E-state index is -1.52. The van der Waals surface area contributed by atoms with Crippen molar-refractivity contribution in [2.75, 3.05) is 0 Å². The number of alkyl halides is 2. The highest BCUT2D eigenvalue weighted by Gasteiger charge is 2.35. The molecule has 3 aliphatic carbocycles. The van der Waals surface area contributed by atoms with Gasteiger partial charge in [0.2, 0.25) is 0 Å². The Morgan fingerprint density at radius 1 is 0.788 bits per heavy atom. The van der Waals surface area contributed by atoms with Crippen LogP contribution in [-0.2, 0) is 6.42 Å². The van der Waals surface area contributed by atoms with E-state index in [4.69, 9.17) is 0 Å². The number of halogens is 4. The molecule has 0 saturated heterocycles. The van der Waals surface area contributed by atoms with Crippen molar-refractivity contribution in [3.63, 3.8) is 0 Å². The summed E-state index contributed by atoms with van der Waals surface area (Å²) in [5.41, 5.74) is 2.17. The van der Waals surface area contributed by atoms with Gasteiger partial charge in [-0.05, 0) is 104 Å². The topological polar surface area (TPSA) is 0 Å². The summed E-state index contributed by atoms with van der Waals surface area (Å²) in [5.74, 6) is 0.0245. The molecule has 2 fully saturated rings. The normalized spacial score (nSPS) is 32.9. The molecular formula is C29H38F4. The molecule has 2 atom stereocenters. The van der Waals surface area contributed by atoms with Gasteiger partial charge in [-0.15, -0.1) is 0 Å². The molecule has 2 unspecified atom stereocenters. The lowest BCUT2D eigenvalue weighted by Gasteiger charge is -2.33. The number of hydrogen-bond donors (Lipinski definition) is 0. The molecule has 1 aromatic carbocycles. The van der Waals surface area contributed by atoms with Gasteiger partial charge < -0.3 is 0 Å². The first-order valence-corrected chi connectivity index (χ1v) is 13.0. The second-order valence-electron chi connectivity index (χ2n) is 10.7. The Morgan fingerprint density at radius 3 is 2.12 bits per heavy atom. The molecule has 1 aromatic rings. The van der Waals surface area contributed by atoms with E-state index in [9.17, 15) is 17.6 Å². The third kappa shape index (κ3) is 5.41. The number of rotatable bonds is 6. The molecule has 0 spiro atoms. The van der Waals surface area contributed by atoms with Gasteiger partial charge in [-0.1, -0.05) is 51.0 Å². The zero-order valence-corrected chi connectivity index (χ0v) is 20.1. The fraction of sp³-hybridized carbons (Fsp3) is 0.655. The van der Waals surface area contributed by atoms with Crippen LogP contribution in [0.4, 0.5) is 17.6 Å². The second-order valence-corrected chi connectivity index (χ2v) is 10.7. The number of benzene rings is 1. The minimum Gasteiger partial charge on any atom is -0.239 e. The molecule has 0 N–H and O–H groups in total. The first-order valence-electron chi connectivity index (χ1n) is 13.0. The van der Waals surface area contributed by atoms with Crippen LogP contribution in [0.2, 0.25) is 0 Å². The van der Waals surface area contributed by atoms with Gasteiger partial charge in [0, 0.05) is 0 Å². The second kappa shape index (κ2) is 10.8. The Hall–Kier alpha value is -1.58. The van der Waals surface area contributed by atoms with Gasteiger partial charge >= 0.3 is 0 Å². The van der Waals surface area contributed by atoms with Crippen LogP contribution >= 0.6 is 0 Å². The van der Waals surface area contributed by atoms with Crippen LogP contribution in [0.15, 0.2) is 35.4 Å². The summed E-state index contributed by atoms with van der Waals surface area (Å²) in [5, 5.41) is 0. The van der Waals surface area contributed by atoms with E-state index >= 15 is 0 Å². The smallest absolute Gasteiger partial charge is 0.162 e. The van der Waals surface area contributed by atoms with Crippen molar-refractivity contribution in [2.24, 2.45) is 17.8 Å². The van der Waals surface area contributed by atoms with E-state index < -0.39 is 24.0 Å². The van der Waals surface area contributed by atoms with Crippen LogP contribution in [0.25, 0.3) is 0 Å². The molecule has 33 heavy (non-hydrogen) atoms.